The number of hydrogen-bond donors (Lipinski definition) is 1. The quantitative estimate of drug-likeness (QED) is 0.471. The maximum Gasteiger partial charge on any atom is 0.411 e. The minimum absolute atomic E-state index is 0.0198. The van der Waals surface area contributed by atoms with Gasteiger partial charge in [0.25, 0.3) is 5.69 Å². The average Bonchev–Trinajstić information content (AvgIpc) is 2.36. The molecule has 116 valence electrons. The van der Waals surface area contributed by atoms with Crippen LogP contribution in [0.3, 0.4) is 0 Å². The smallest absolute Gasteiger partial charge is 0.411 e. The Morgan fingerprint density at radius 3 is 2.52 bits per heavy atom. The molecule has 0 radical (unpaired) electrons. The van der Waals surface area contributed by atoms with Gasteiger partial charge in [-0.15, -0.1) is 0 Å². The number of halogens is 3. The maximum atomic E-state index is 11.8. The number of benzene rings is 1. The average molecular weight is 309 g/mol. The summed E-state index contributed by atoms with van der Waals surface area (Å²) >= 11 is 0. The van der Waals surface area contributed by atoms with Crippen LogP contribution in [0.4, 0.5) is 18.9 Å². The molecule has 1 aromatic rings. The van der Waals surface area contributed by atoms with Crippen LogP contribution in [0.2, 0.25) is 0 Å². The fraction of sp³-hybridized carbons (Fsp3) is 0.364. The minimum Gasteiger partial charge on any atom is -0.491 e. The third-order valence-electron chi connectivity index (χ3n) is 2.16. The topological polar surface area (TPSA) is 98.9 Å². The van der Waals surface area contributed by atoms with Gasteiger partial charge in [0.1, 0.15) is 24.5 Å². The lowest BCUT2D eigenvalue weighted by Gasteiger charge is -2.09. The van der Waals surface area contributed by atoms with Crippen LogP contribution in [0.5, 0.6) is 5.75 Å². The SMILES string of the molecule is O=C(O)c1cc(OCCOCC(F)(F)F)ccc1[N+](=O)[O-]. The zero-order chi connectivity index (χ0) is 16.0. The molecule has 0 bridgehead atoms. The molecule has 0 spiro atoms. The van der Waals surface area contributed by atoms with Crippen LogP contribution in [0.15, 0.2) is 18.2 Å². The van der Waals surface area contributed by atoms with E-state index in [4.69, 9.17) is 9.84 Å². The lowest BCUT2D eigenvalue weighted by molar-refractivity contribution is -0.385. The number of alkyl halides is 3. The lowest BCUT2D eigenvalue weighted by Crippen LogP contribution is -2.19. The molecule has 1 rings (SSSR count). The van der Waals surface area contributed by atoms with Crippen LogP contribution in [-0.2, 0) is 4.74 Å². The molecule has 0 heterocycles. The normalized spacial score (nSPS) is 11.2. The molecule has 0 aliphatic carbocycles. The molecule has 0 saturated carbocycles. The van der Waals surface area contributed by atoms with Crippen molar-refractivity contribution in [1.82, 2.24) is 0 Å². The molecule has 0 fully saturated rings. The van der Waals surface area contributed by atoms with Gasteiger partial charge in [-0.2, -0.15) is 13.2 Å². The molecule has 0 aromatic heterocycles. The third kappa shape index (κ3) is 5.65. The summed E-state index contributed by atoms with van der Waals surface area (Å²) < 4.78 is 44.6. The highest BCUT2D eigenvalue weighted by molar-refractivity contribution is 5.92. The Bertz CT molecular complexity index is 531. The van der Waals surface area contributed by atoms with Crippen LogP contribution in [0.1, 0.15) is 10.4 Å². The first-order chi connectivity index (χ1) is 9.70. The molecule has 1 N–H and O–H groups in total. The highest BCUT2D eigenvalue weighted by atomic mass is 19.4. The number of nitrogens with zero attached hydrogens (tertiary/aromatic N) is 1. The van der Waals surface area contributed by atoms with E-state index < -0.39 is 34.9 Å². The molecule has 7 nitrogen and oxygen atoms in total. The highest BCUT2D eigenvalue weighted by Gasteiger charge is 2.27. The van der Waals surface area contributed by atoms with Gasteiger partial charge in [-0.1, -0.05) is 0 Å². The Morgan fingerprint density at radius 1 is 1.33 bits per heavy atom. The number of rotatable bonds is 7. The molecule has 0 saturated heterocycles. The Hall–Kier alpha value is -2.36. The summed E-state index contributed by atoms with van der Waals surface area (Å²) in [6, 6.07) is 3.01. The van der Waals surface area contributed by atoms with E-state index in [1.54, 1.807) is 0 Å². The van der Waals surface area contributed by atoms with Gasteiger partial charge in [-0.25, -0.2) is 4.79 Å². The fourth-order valence-corrected chi connectivity index (χ4v) is 1.34. The Morgan fingerprint density at radius 2 is 2.00 bits per heavy atom. The Kier molecular flexibility index (Phi) is 5.47. The molecule has 0 amide bonds. The van der Waals surface area contributed by atoms with Crippen LogP contribution >= 0.6 is 0 Å². The van der Waals surface area contributed by atoms with Crippen LogP contribution in [-0.4, -0.2) is 42.0 Å². The van der Waals surface area contributed by atoms with E-state index in [0.29, 0.717) is 0 Å². The molecule has 0 aliphatic heterocycles. The summed E-state index contributed by atoms with van der Waals surface area (Å²) in [7, 11) is 0. The standard InChI is InChI=1S/C11H10F3NO6/c12-11(13,14)6-20-3-4-21-7-1-2-9(15(18)19)8(5-7)10(16)17/h1-2,5H,3-4,6H2,(H,16,17). The molecule has 0 atom stereocenters. The predicted octanol–water partition coefficient (Wildman–Crippen LogP) is 2.25. The van der Waals surface area contributed by atoms with E-state index in [9.17, 15) is 28.1 Å². The number of carboxylic acids is 1. The van der Waals surface area contributed by atoms with E-state index in [0.717, 1.165) is 18.2 Å². The van der Waals surface area contributed by atoms with Gasteiger partial charge < -0.3 is 14.6 Å². The van der Waals surface area contributed by atoms with Crippen molar-refractivity contribution < 1.29 is 37.5 Å². The van der Waals surface area contributed by atoms with Gasteiger partial charge in [0.05, 0.1) is 11.5 Å². The van der Waals surface area contributed by atoms with Crippen LogP contribution in [0, 0.1) is 10.1 Å². The van der Waals surface area contributed by atoms with Crippen molar-refractivity contribution in [2.45, 2.75) is 6.18 Å². The first kappa shape index (κ1) is 16.7. The van der Waals surface area contributed by atoms with Gasteiger partial charge in [-0.05, 0) is 6.07 Å². The number of hydrogen-bond acceptors (Lipinski definition) is 5. The second-order valence-electron chi connectivity index (χ2n) is 3.76. The van der Waals surface area contributed by atoms with Crippen molar-refractivity contribution in [2.75, 3.05) is 19.8 Å². The number of carbonyl (C=O) groups is 1. The molecule has 0 aliphatic rings. The van der Waals surface area contributed by atoms with Crippen molar-refractivity contribution in [3.05, 3.63) is 33.9 Å². The van der Waals surface area contributed by atoms with Crippen molar-refractivity contribution in [2.24, 2.45) is 0 Å². The second kappa shape index (κ2) is 6.88. The number of nitro groups is 1. The van der Waals surface area contributed by atoms with E-state index >= 15 is 0 Å². The van der Waals surface area contributed by atoms with E-state index in [1.165, 1.54) is 0 Å². The Balaban J connectivity index is 2.59. The molecule has 10 heteroatoms. The first-order valence-corrected chi connectivity index (χ1v) is 5.50. The first-order valence-electron chi connectivity index (χ1n) is 5.50. The Labute approximate surface area is 116 Å². The molecule has 1 aromatic carbocycles. The number of nitro benzene ring substituents is 1. The summed E-state index contributed by atoms with van der Waals surface area (Å²) in [4.78, 5) is 20.6. The van der Waals surface area contributed by atoms with Gasteiger partial charge in [0.15, 0.2) is 0 Å². The van der Waals surface area contributed by atoms with Crippen molar-refractivity contribution in [1.29, 1.82) is 0 Å². The number of ether oxygens (including phenoxy) is 2. The van der Waals surface area contributed by atoms with E-state index in [1.807, 2.05) is 0 Å². The van der Waals surface area contributed by atoms with Crippen LogP contribution < -0.4 is 4.74 Å². The fourth-order valence-electron chi connectivity index (χ4n) is 1.34. The van der Waals surface area contributed by atoms with Crippen molar-refractivity contribution >= 4 is 11.7 Å². The summed E-state index contributed by atoms with van der Waals surface area (Å²) in [5.41, 5.74) is -1.18. The minimum atomic E-state index is -4.44. The summed E-state index contributed by atoms with van der Waals surface area (Å²) in [5, 5.41) is 19.4. The highest BCUT2D eigenvalue weighted by Crippen LogP contribution is 2.24. The predicted molar refractivity (Wildman–Crippen MR) is 62.4 cm³/mol. The zero-order valence-corrected chi connectivity index (χ0v) is 10.4. The zero-order valence-electron chi connectivity index (χ0n) is 10.4. The van der Waals surface area contributed by atoms with Gasteiger partial charge >= 0.3 is 12.1 Å². The monoisotopic (exact) mass is 309 g/mol. The van der Waals surface area contributed by atoms with Gasteiger partial charge in [0.2, 0.25) is 0 Å². The van der Waals surface area contributed by atoms with E-state index in [-0.39, 0.29) is 19.0 Å². The summed E-state index contributed by atoms with van der Waals surface area (Å²) in [6.07, 6.45) is -4.44. The van der Waals surface area contributed by atoms with E-state index in [2.05, 4.69) is 4.74 Å². The molecular formula is C11H10F3NO6. The maximum absolute atomic E-state index is 11.8. The lowest BCUT2D eigenvalue weighted by atomic mass is 10.2. The molecular weight excluding hydrogens is 299 g/mol. The number of carboxylic acid groups (broad SMARTS) is 1. The van der Waals surface area contributed by atoms with Crippen molar-refractivity contribution in [3.8, 4) is 5.75 Å². The second-order valence-corrected chi connectivity index (χ2v) is 3.76. The van der Waals surface area contributed by atoms with Crippen LogP contribution in [0.25, 0.3) is 0 Å². The summed E-state index contributed by atoms with van der Waals surface area (Å²) in [6.45, 7) is -2.04. The molecule has 0 unspecified atom stereocenters. The number of aromatic carboxylic acids is 1. The van der Waals surface area contributed by atoms with Crippen molar-refractivity contribution in [3.63, 3.8) is 0 Å². The van der Waals surface area contributed by atoms with Gasteiger partial charge in [-0.3, -0.25) is 10.1 Å². The third-order valence-corrected chi connectivity index (χ3v) is 2.16. The summed E-state index contributed by atoms with van der Waals surface area (Å²) in [5.74, 6) is -1.53. The molecule has 21 heavy (non-hydrogen) atoms. The largest absolute Gasteiger partial charge is 0.491 e. The van der Waals surface area contributed by atoms with Gasteiger partial charge in [0, 0.05) is 12.1 Å².